The molecule has 1 aromatic heterocycles. The zero-order valence-electron chi connectivity index (χ0n) is 6.17. The Kier molecular flexibility index (Phi) is 2.40. The summed E-state index contributed by atoms with van der Waals surface area (Å²) in [6.07, 6.45) is 2.70. The molecular formula is C8H12N2. The van der Waals surface area contributed by atoms with Crippen LogP contribution in [-0.2, 0) is 6.42 Å². The Morgan fingerprint density at radius 2 is 2.40 bits per heavy atom. The molecule has 0 spiro atoms. The minimum Gasteiger partial charge on any atom is -0.330 e. The highest BCUT2D eigenvalue weighted by Gasteiger charge is 1.90. The summed E-state index contributed by atoms with van der Waals surface area (Å²) in [6, 6.07) is 4.05. The molecule has 1 aromatic rings. The number of aromatic nitrogens is 1. The summed E-state index contributed by atoms with van der Waals surface area (Å²) in [6.45, 7) is 2.73. The normalized spacial score (nSPS) is 9.80. The monoisotopic (exact) mass is 136 g/mol. The van der Waals surface area contributed by atoms with Gasteiger partial charge in [-0.2, -0.15) is 0 Å². The predicted molar refractivity (Wildman–Crippen MR) is 41.7 cm³/mol. The van der Waals surface area contributed by atoms with Gasteiger partial charge in [0.2, 0.25) is 0 Å². The van der Waals surface area contributed by atoms with Gasteiger partial charge in [-0.1, -0.05) is 0 Å². The van der Waals surface area contributed by atoms with Crippen molar-refractivity contribution in [2.45, 2.75) is 13.3 Å². The van der Waals surface area contributed by atoms with E-state index in [1.54, 1.807) is 0 Å². The molecule has 2 N–H and O–H groups in total. The largest absolute Gasteiger partial charge is 0.330 e. The topological polar surface area (TPSA) is 38.9 Å². The van der Waals surface area contributed by atoms with Crippen molar-refractivity contribution in [1.82, 2.24) is 4.98 Å². The molecule has 0 bridgehead atoms. The second kappa shape index (κ2) is 3.32. The van der Waals surface area contributed by atoms with E-state index in [0.29, 0.717) is 6.54 Å². The van der Waals surface area contributed by atoms with Crippen LogP contribution < -0.4 is 5.73 Å². The highest BCUT2D eigenvalue weighted by atomic mass is 14.7. The van der Waals surface area contributed by atoms with Gasteiger partial charge in [-0.25, -0.2) is 0 Å². The Balaban J connectivity index is 2.75. The minimum atomic E-state index is 0.677. The summed E-state index contributed by atoms with van der Waals surface area (Å²) < 4.78 is 0. The van der Waals surface area contributed by atoms with Gasteiger partial charge in [-0.15, -0.1) is 0 Å². The van der Waals surface area contributed by atoms with Crippen LogP contribution in [0.5, 0.6) is 0 Å². The van der Waals surface area contributed by atoms with Gasteiger partial charge >= 0.3 is 0 Å². The molecule has 10 heavy (non-hydrogen) atoms. The molecule has 0 aliphatic heterocycles. The lowest BCUT2D eigenvalue weighted by molar-refractivity contribution is 0.920. The lowest BCUT2D eigenvalue weighted by Crippen LogP contribution is -2.04. The van der Waals surface area contributed by atoms with Crippen LogP contribution in [0.1, 0.15) is 11.3 Å². The molecule has 54 valence electrons. The Hall–Kier alpha value is -0.890. The van der Waals surface area contributed by atoms with Crippen LogP contribution in [0.2, 0.25) is 0 Å². The number of nitrogens with zero attached hydrogens (tertiary/aromatic N) is 1. The van der Waals surface area contributed by atoms with Gasteiger partial charge in [-0.3, -0.25) is 4.98 Å². The summed E-state index contributed by atoms with van der Waals surface area (Å²) >= 11 is 0. The maximum absolute atomic E-state index is 5.37. The van der Waals surface area contributed by atoms with Crippen molar-refractivity contribution in [3.05, 3.63) is 29.6 Å². The Morgan fingerprint density at radius 3 is 3.00 bits per heavy atom. The van der Waals surface area contributed by atoms with Crippen molar-refractivity contribution in [1.29, 1.82) is 0 Å². The van der Waals surface area contributed by atoms with Crippen molar-refractivity contribution >= 4 is 0 Å². The van der Waals surface area contributed by atoms with Crippen LogP contribution in [0.3, 0.4) is 0 Å². The van der Waals surface area contributed by atoms with E-state index in [1.807, 2.05) is 12.3 Å². The van der Waals surface area contributed by atoms with Gasteiger partial charge in [0.1, 0.15) is 0 Å². The van der Waals surface area contributed by atoms with Gasteiger partial charge < -0.3 is 5.73 Å². The maximum Gasteiger partial charge on any atom is 0.0418 e. The first-order chi connectivity index (χ1) is 4.83. The van der Waals surface area contributed by atoms with E-state index in [1.165, 1.54) is 5.56 Å². The van der Waals surface area contributed by atoms with Crippen LogP contribution >= 0.6 is 0 Å². The Morgan fingerprint density at radius 1 is 1.60 bits per heavy atom. The summed E-state index contributed by atoms with van der Waals surface area (Å²) in [5.74, 6) is 0. The number of nitrogens with two attached hydrogens (primary N) is 1. The third-order valence-electron chi connectivity index (χ3n) is 1.37. The summed E-state index contributed by atoms with van der Waals surface area (Å²) in [4.78, 5) is 4.15. The molecule has 1 heterocycles. The lowest BCUT2D eigenvalue weighted by Gasteiger charge is -1.96. The van der Waals surface area contributed by atoms with Gasteiger partial charge in [0.05, 0.1) is 0 Å². The predicted octanol–water partition coefficient (Wildman–Crippen LogP) is 0.891. The van der Waals surface area contributed by atoms with E-state index >= 15 is 0 Å². The minimum absolute atomic E-state index is 0.677. The molecule has 0 radical (unpaired) electrons. The van der Waals surface area contributed by atoms with Crippen LogP contribution in [0, 0.1) is 6.92 Å². The highest BCUT2D eigenvalue weighted by molar-refractivity contribution is 5.14. The number of aryl methyl sites for hydroxylation is 1. The fourth-order valence-corrected chi connectivity index (χ4v) is 0.883. The molecular weight excluding hydrogens is 124 g/mol. The maximum atomic E-state index is 5.37. The quantitative estimate of drug-likeness (QED) is 0.655. The van der Waals surface area contributed by atoms with Crippen molar-refractivity contribution in [2.75, 3.05) is 6.54 Å². The van der Waals surface area contributed by atoms with Gasteiger partial charge in [0.25, 0.3) is 0 Å². The first kappa shape index (κ1) is 7.22. The highest BCUT2D eigenvalue weighted by Crippen LogP contribution is 1.98. The SMILES string of the molecule is Cc1ccnc(CCN)c1. The molecule has 0 aromatic carbocycles. The van der Waals surface area contributed by atoms with Crippen molar-refractivity contribution in [2.24, 2.45) is 5.73 Å². The second-order valence-corrected chi connectivity index (χ2v) is 2.36. The van der Waals surface area contributed by atoms with E-state index in [-0.39, 0.29) is 0 Å². The molecule has 2 heteroatoms. The summed E-state index contributed by atoms with van der Waals surface area (Å²) in [7, 11) is 0. The molecule has 0 amide bonds. The van der Waals surface area contributed by atoms with Crippen LogP contribution in [-0.4, -0.2) is 11.5 Å². The third kappa shape index (κ3) is 1.81. The molecule has 0 aliphatic carbocycles. The van der Waals surface area contributed by atoms with Crippen molar-refractivity contribution in [3.8, 4) is 0 Å². The first-order valence-corrected chi connectivity index (χ1v) is 3.44. The van der Waals surface area contributed by atoms with E-state index in [9.17, 15) is 0 Å². The summed E-state index contributed by atoms with van der Waals surface area (Å²) in [5, 5.41) is 0. The fraction of sp³-hybridized carbons (Fsp3) is 0.375. The Labute approximate surface area is 61.1 Å². The number of rotatable bonds is 2. The smallest absolute Gasteiger partial charge is 0.0418 e. The molecule has 0 saturated carbocycles. The molecule has 1 rings (SSSR count). The molecule has 0 fully saturated rings. The average molecular weight is 136 g/mol. The lowest BCUT2D eigenvalue weighted by atomic mass is 10.2. The molecule has 2 nitrogen and oxygen atoms in total. The zero-order valence-corrected chi connectivity index (χ0v) is 6.17. The molecule has 0 atom stereocenters. The van der Waals surface area contributed by atoms with E-state index in [2.05, 4.69) is 18.0 Å². The standard InChI is InChI=1S/C8H12N2/c1-7-3-5-10-8(6-7)2-4-9/h3,5-6H,2,4,9H2,1H3. The second-order valence-electron chi connectivity index (χ2n) is 2.36. The molecule has 0 aliphatic rings. The third-order valence-corrected chi connectivity index (χ3v) is 1.37. The van der Waals surface area contributed by atoms with Gasteiger partial charge in [-0.05, 0) is 31.2 Å². The first-order valence-electron chi connectivity index (χ1n) is 3.44. The number of pyridine rings is 1. The Bertz CT molecular complexity index is 208. The molecule has 0 saturated heterocycles. The van der Waals surface area contributed by atoms with Crippen LogP contribution in [0.15, 0.2) is 18.3 Å². The summed E-state index contributed by atoms with van der Waals surface area (Å²) in [5.41, 5.74) is 7.70. The van der Waals surface area contributed by atoms with E-state index in [4.69, 9.17) is 5.73 Å². The molecule has 0 unspecified atom stereocenters. The van der Waals surface area contributed by atoms with Crippen LogP contribution in [0.4, 0.5) is 0 Å². The zero-order chi connectivity index (χ0) is 7.40. The number of hydrogen-bond donors (Lipinski definition) is 1. The van der Waals surface area contributed by atoms with Gasteiger partial charge in [0, 0.05) is 18.3 Å². The van der Waals surface area contributed by atoms with Crippen LogP contribution in [0.25, 0.3) is 0 Å². The average Bonchev–Trinajstić information content (AvgIpc) is 1.88. The fourth-order valence-electron chi connectivity index (χ4n) is 0.883. The number of hydrogen-bond acceptors (Lipinski definition) is 2. The van der Waals surface area contributed by atoms with Crippen molar-refractivity contribution in [3.63, 3.8) is 0 Å². The van der Waals surface area contributed by atoms with E-state index < -0.39 is 0 Å². The van der Waals surface area contributed by atoms with Gasteiger partial charge in [0.15, 0.2) is 0 Å². The van der Waals surface area contributed by atoms with Crippen molar-refractivity contribution < 1.29 is 0 Å². The van der Waals surface area contributed by atoms with E-state index in [0.717, 1.165) is 12.1 Å².